The van der Waals surface area contributed by atoms with Crippen LogP contribution in [0, 0.1) is 5.92 Å². The molecule has 1 aliphatic rings. The van der Waals surface area contributed by atoms with Gasteiger partial charge in [0.25, 0.3) is 0 Å². The lowest BCUT2D eigenvalue weighted by Crippen LogP contribution is -2.47. The minimum absolute atomic E-state index is 0.00665. The summed E-state index contributed by atoms with van der Waals surface area (Å²) in [5.74, 6) is -2.71. The van der Waals surface area contributed by atoms with Gasteiger partial charge in [0.15, 0.2) is 5.78 Å². The third-order valence-corrected chi connectivity index (χ3v) is 9.62. The number of nitrogens with zero attached hydrogens (tertiary/aromatic N) is 1. The van der Waals surface area contributed by atoms with Crippen LogP contribution < -0.4 is 36.5 Å². The van der Waals surface area contributed by atoms with E-state index in [9.17, 15) is 33.6 Å². The highest BCUT2D eigenvalue weighted by Gasteiger charge is 2.35. The molecule has 2 aromatic rings. The van der Waals surface area contributed by atoms with Crippen LogP contribution >= 0.6 is 0 Å². The number of carbonyl (C=O) groups is 7. The quantitative estimate of drug-likeness (QED) is 0.0886. The number of Topliss-reactive ketones (excluding diaryl/α,β-unsaturated/α-hetero) is 1. The molecule has 0 aliphatic carbocycles. The number of rotatable bonds is 15. The molecule has 19 heteroatoms. The Morgan fingerprint density at radius 3 is 1.73 bits per heavy atom. The number of nitrogens with two attached hydrogens (primary N) is 1. The molecule has 2 aromatic carbocycles. The molecule has 6 N–H and O–H groups in total. The molecule has 0 fully saturated rings. The topological polar surface area (TPSA) is 252 Å². The maximum atomic E-state index is 14.5. The average molecular weight is 927 g/mol. The predicted molar refractivity (Wildman–Crippen MR) is 245 cm³/mol. The zero-order chi connectivity index (χ0) is 49.6. The molecule has 0 aromatic heterocycles. The van der Waals surface area contributed by atoms with E-state index in [0.29, 0.717) is 40.2 Å². The van der Waals surface area contributed by atoms with Crippen molar-refractivity contribution in [1.82, 2.24) is 26.2 Å². The van der Waals surface area contributed by atoms with Crippen molar-refractivity contribution in [2.24, 2.45) is 11.7 Å². The Hall–Kier alpha value is -6.11. The van der Waals surface area contributed by atoms with E-state index in [-0.39, 0.29) is 52.1 Å². The van der Waals surface area contributed by atoms with Gasteiger partial charge in [0.05, 0.1) is 26.2 Å². The Bertz CT molecular complexity index is 2040. The first-order chi connectivity index (χ1) is 30.7. The Kier molecular flexibility index (Phi) is 19.6. The molecule has 4 atom stereocenters. The zero-order valence-corrected chi connectivity index (χ0v) is 40.5. The molecular formula is C47H70N6O13. The standard InChI is InChI=1S/C47H70N6O13/c1-28-24-35(54)38(53(11)40(56)33(48)14-13-19-49-42(58)64-45(2,3)4)30-16-18-37(63-23-21-51-44(60)66-47(8,9)10)32(27-30)31-25-29(26-34(41(57)61-12)52-39(28)55)15-17-36(31)62-22-20-50-43(59)65-46(5,6)7/h15-18,25,27-28,33-34,38H,13-14,19-24,26,48H2,1-12H3,(H,49,58)(H,50,59)(H,51,60)(H,52,55)/t28-,33+,34+,38+/m1/s1. The van der Waals surface area contributed by atoms with Crippen LogP contribution in [-0.4, -0.2) is 123 Å². The van der Waals surface area contributed by atoms with Crippen LogP contribution in [0.25, 0.3) is 11.1 Å². The second-order valence-corrected chi connectivity index (χ2v) is 19.0. The van der Waals surface area contributed by atoms with Gasteiger partial charge in [0, 0.05) is 43.5 Å². The van der Waals surface area contributed by atoms with E-state index < -0.39 is 82.7 Å². The highest BCUT2D eigenvalue weighted by atomic mass is 16.6. The van der Waals surface area contributed by atoms with Crippen molar-refractivity contribution in [1.29, 1.82) is 0 Å². The SMILES string of the molecule is COC(=O)[C@@H]1Cc2ccc(OCCNC(=O)OC(C)(C)C)c(c2)-c2cc(ccc2OCCNC(=O)OC(C)(C)C)[C@H](N(C)C(=O)[C@@H](N)CCCNC(=O)OC(C)(C)C)C(=O)C[C@@H](C)C(=O)N1. The molecule has 366 valence electrons. The molecule has 0 saturated carbocycles. The lowest BCUT2D eigenvalue weighted by Gasteiger charge is -2.31. The average Bonchev–Trinajstić information content (AvgIpc) is 3.20. The highest BCUT2D eigenvalue weighted by molar-refractivity contribution is 5.95. The van der Waals surface area contributed by atoms with Crippen molar-refractivity contribution < 1.29 is 62.0 Å². The fraction of sp³-hybridized carbons (Fsp3) is 0.596. The van der Waals surface area contributed by atoms with Gasteiger partial charge in [-0.05, 0) is 111 Å². The molecular weight excluding hydrogens is 857 g/mol. The number of nitrogens with one attached hydrogen (secondary N) is 4. The number of likely N-dealkylation sites (N-methyl/N-ethyl adjacent to an activating group) is 1. The van der Waals surface area contributed by atoms with Gasteiger partial charge >= 0.3 is 24.2 Å². The summed E-state index contributed by atoms with van der Waals surface area (Å²) in [6.45, 7) is 17.5. The predicted octanol–water partition coefficient (Wildman–Crippen LogP) is 5.10. The molecule has 66 heavy (non-hydrogen) atoms. The summed E-state index contributed by atoms with van der Waals surface area (Å²) in [6, 6.07) is 6.55. The maximum absolute atomic E-state index is 14.5. The number of hydrogen-bond acceptors (Lipinski definition) is 14. The van der Waals surface area contributed by atoms with Crippen LogP contribution in [0.5, 0.6) is 11.5 Å². The van der Waals surface area contributed by atoms with Crippen LogP contribution in [0.15, 0.2) is 36.4 Å². The molecule has 0 radical (unpaired) electrons. The van der Waals surface area contributed by atoms with Crippen molar-refractivity contribution in [2.75, 3.05) is 47.0 Å². The van der Waals surface area contributed by atoms with Crippen LogP contribution in [0.1, 0.15) is 106 Å². The third kappa shape index (κ3) is 18.0. The second-order valence-electron chi connectivity index (χ2n) is 19.0. The maximum Gasteiger partial charge on any atom is 0.407 e. The minimum Gasteiger partial charge on any atom is -0.491 e. The van der Waals surface area contributed by atoms with Gasteiger partial charge in [-0.25, -0.2) is 19.2 Å². The molecule has 4 bridgehead atoms. The summed E-state index contributed by atoms with van der Waals surface area (Å²) >= 11 is 0. The van der Waals surface area contributed by atoms with Crippen molar-refractivity contribution >= 4 is 41.8 Å². The van der Waals surface area contributed by atoms with Gasteiger partial charge < -0.3 is 60.3 Å². The molecule has 0 saturated heterocycles. The van der Waals surface area contributed by atoms with Gasteiger partial charge in [-0.15, -0.1) is 0 Å². The summed E-state index contributed by atoms with van der Waals surface area (Å²) in [6.07, 6.45) is -1.75. The van der Waals surface area contributed by atoms with Crippen molar-refractivity contribution in [2.45, 2.75) is 130 Å². The number of alkyl carbamates (subject to hydrolysis) is 3. The lowest BCUT2D eigenvalue weighted by molar-refractivity contribution is -0.145. The van der Waals surface area contributed by atoms with Gasteiger partial charge in [-0.3, -0.25) is 14.4 Å². The van der Waals surface area contributed by atoms with Gasteiger partial charge in [-0.2, -0.15) is 0 Å². The number of carbonyl (C=O) groups excluding carboxylic acids is 7. The number of ketones is 1. The van der Waals surface area contributed by atoms with Gasteiger partial charge in [-0.1, -0.05) is 19.1 Å². The molecule has 0 unspecified atom stereocenters. The minimum atomic E-state index is -1.27. The normalized spacial score (nSPS) is 17.1. The van der Waals surface area contributed by atoms with E-state index in [1.807, 2.05) is 0 Å². The number of ether oxygens (including phenoxy) is 6. The molecule has 1 heterocycles. The van der Waals surface area contributed by atoms with Crippen LogP contribution in [0.2, 0.25) is 0 Å². The van der Waals surface area contributed by atoms with E-state index in [1.54, 1.807) is 106 Å². The lowest BCUT2D eigenvalue weighted by atomic mass is 9.89. The first-order valence-electron chi connectivity index (χ1n) is 22.0. The zero-order valence-electron chi connectivity index (χ0n) is 40.5. The summed E-state index contributed by atoms with van der Waals surface area (Å²) in [5, 5.41) is 10.7. The Morgan fingerprint density at radius 1 is 0.742 bits per heavy atom. The first kappa shape index (κ1) is 54.2. The fourth-order valence-corrected chi connectivity index (χ4v) is 6.71. The first-order valence-corrected chi connectivity index (χ1v) is 22.0. The summed E-state index contributed by atoms with van der Waals surface area (Å²) in [5.41, 5.74) is 6.06. The summed E-state index contributed by atoms with van der Waals surface area (Å²) in [4.78, 5) is 93.7. The van der Waals surface area contributed by atoms with E-state index in [2.05, 4.69) is 21.3 Å². The number of amides is 5. The van der Waals surface area contributed by atoms with Crippen molar-refractivity contribution in [3.8, 4) is 22.6 Å². The van der Waals surface area contributed by atoms with Gasteiger partial charge in [0.1, 0.15) is 53.6 Å². The largest absolute Gasteiger partial charge is 0.491 e. The number of fused-ring (bicyclic) bond motifs is 5. The van der Waals surface area contributed by atoms with E-state index in [1.165, 1.54) is 19.1 Å². The van der Waals surface area contributed by atoms with E-state index >= 15 is 0 Å². The number of benzene rings is 2. The van der Waals surface area contributed by atoms with Crippen molar-refractivity contribution in [3.05, 3.63) is 47.5 Å². The third-order valence-electron chi connectivity index (χ3n) is 9.62. The fourth-order valence-electron chi connectivity index (χ4n) is 6.71. The van der Waals surface area contributed by atoms with Crippen LogP contribution in [0.4, 0.5) is 14.4 Å². The Morgan fingerprint density at radius 2 is 1.23 bits per heavy atom. The van der Waals surface area contributed by atoms with E-state index in [4.69, 9.17) is 34.2 Å². The number of hydrogen-bond donors (Lipinski definition) is 5. The second kappa shape index (κ2) is 23.9. The summed E-state index contributed by atoms with van der Waals surface area (Å²) in [7, 11) is 2.65. The number of methoxy groups -OCH3 is 1. The van der Waals surface area contributed by atoms with Crippen molar-refractivity contribution in [3.63, 3.8) is 0 Å². The number of esters is 1. The smallest absolute Gasteiger partial charge is 0.407 e. The summed E-state index contributed by atoms with van der Waals surface area (Å²) < 4.78 is 33.6. The monoisotopic (exact) mass is 927 g/mol. The van der Waals surface area contributed by atoms with E-state index in [0.717, 1.165) is 0 Å². The molecule has 1 aliphatic heterocycles. The highest BCUT2D eigenvalue weighted by Crippen LogP contribution is 2.40. The Balaban J connectivity index is 2.15. The molecule has 5 amide bonds. The molecule has 19 nitrogen and oxygen atoms in total. The Labute approximate surface area is 387 Å². The van der Waals surface area contributed by atoms with Crippen LogP contribution in [0.3, 0.4) is 0 Å². The van der Waals surface area contributed by atoms with Crippen LogP contribution in [-0.2, 0) is 44.5 Å². The molecule has 3 rings (SSSR count). The molecule has 0 spiro atoms. The van der Waals surface area contributed by atoms with Gasteiger partial charge in [0.2, 0.25) is 11.8 Å².